The summed E-state index contributed by atoms with van der Waals surface area (Å²) in [6.07, 6.45) is 5.91. The number of carbonyl (C=O) groups is 1. The van der Waals surface area contributed by atoms with Gasteiger partial charge in [0.1, 0.15) is 6.10 Å². The summed E-state index contributed by atoms with van der Waals surface area (Å²) < 4.78 is 12.7. The summed E-state index contributed by atoms with van der Waals surface area (Å²) in [5.74, 6) is -0.191. The molecule has 0 N–H and O–H groups in total. The molecule has 1 aliphatic carbocycles. The number of halogens is 1. The molecule has 1 aromatic rings. The normalized spacial score (nSPS) is 22.8. The maximum Gasteiger partial charge on any atom is 0.302 e. The van der Waals surface area contributed by atoms with E-state index in [0.717, 1.165) is 35.7 Å². The summed E-state index contributed by atoms with van der Waals surface area (Å²) in [4.78, 5) is 11.6. The molecule has 1 aliphatic rings. The molecule has 0 saturated heterocycles. The smallest absolute Gasteiger partial charge is 0.302 e. The van der Waals surface area contributed by atoms with Crippen LogP contribution in [0.2, 0.25) is 0 Å². The van der Waals surface area contributed by atoms with E-state index in [1.807, 2.05) is 12.1 Å². The number of carbonyl (C=O) groups excluding carboxylic acids is 1. The van der Waals surface area contributed by atoms with Crippen LogP contribution in [0.15, 0.2) is 34.8 Å². The van der Waals surface area contributed by atoms with Crippen LogP contribution in [0.1, 0.15) is 52.0 Å². The van der Waals surface area contributed by atoms with Gasteiger partial charge in [0.15, 0.2) is 0 Å². The van der Waals surface area contributed by atoms with Crippen molar-refractivity contribution in [1.82, 2.24) is 0 Å². The topological polar surface area (TPSA) is 35.5 Å². The highest BCUT2D eigenvalue weighted by Gasteiger charge is 2.45. The van der Waals surface area contributed by atoms with Crippen molar-refractivity contribution in [3.8, 4) is 0 Å². The Labute approximate surface area is 153 Å². The zero-order valence-corrected chi connectivity index (χ0v) is 16.6. The number of methoxy groups -OCH3 is 1. The molecule has 0 amide bonds. The number of benzene rings is 1. The zero-order valence-electron chi connectivity index (χ0n) is 15.0. The van der Waals surface area contributed by atoms with Gasteiger partial charge >= 0.3 is 5.97 Å². The van der Waals surface area contributed by atoms with Gasteiger partial charge in [-0.25, -0.2) is 0 Å². The van der Waals surface area contributed by atoms with Crippen LogP contribution in [-0.2, 0) is 14.3 Å². The maximum absolute atomic E-state index is 11.6. The van der Waals surface area contributed by atoms with E-state index in [4.69, 9.17) is 9.47 Å². The lowest BCUT2D eigenvalue weighted by molar-refractivity contribution is -0.153. The highest BCUT2D eigenvalue weighted by Crippen LogP contribution is 2.45. The largest absolute Gasteiger partial charge is 0.461 e. The molecule has 132 valence electrons. The molecule has 0 heterocycles. The molecule has 0 saturated carbocycles. The Hall–Kier alpha value is -1.13. The van der Waals surface area contributed by atoms with Gasteiger partial charge in [-0.3, -0.25) is 4.79 Å². The molecule has 0 aliphatic heterocycles. The van der Waals surface area contributed by atoms with Crippen LogP contribution in [0, 0.1) is 5.92 Å². The average molecular weight is 395 g/mol. The van der Waals surface area contributed by atoms with Gasteiger partial charge in [-0.1, -0.05) is 53.9 Å². The molecule has 24 heavy (non-hydrogen) atoms. The standard InChI is InChI=1S/C20H27BrO3/c1-5-6-13-20(3,23-4)19-17(11-12-18(19)24-14(2)22)15-7-9-16(21)10-8-15/h7-11,18-19H,5-6,12-13H2,1-4H3/t18-,19-,20+/m0/s1. The minimum Gasteiger partial charge on any atom is -0.461 e. The third kappa shape index (κ3) is 4.28. The van der Waals surface area contributed by atoms with Crippen molar-refractivity contribution in [2.45, 2.75) is 58.2 Å². The van der Waals surface area contributed by atoms with Gasteiger partial charge in [0.05, 0.1) is 11.5 Å². The van der Waals surface area contributed by atoms with Crippen molar-refractivity contribution < 1.29 is 14.3 Å². The van der Waals surface area contributed by atoms with Crippen LogP contribution in [0.25, 0.3) is 5.57 Å². The van der Waals surface area contributed by atoms with Crippen LogP contribution in [0.4, 0.5) is 0 Å². The molecule has 1 aromatic carbocycles. The molecule has 3 nitrogen and oxygen atoms in total. The zero-order chi connectivity index (χ0) is 17.7. The highest BCUT2D eigenvalue weighted by atomic mass is 79.9. The van der Waals surface area contributed by atoms with Gasteiger partial charge in [0.2, 0.25) is 0 Å². The van der Waals surface area contributed by atoms with Gasteiger partial charge in [-0.05, 0) is 36.6 Å². The van der Waals surface area contributed by atoms with Crippen LogP contribution < -0.4 is 0 Å². The lowest BCUT2D eigenvalue weighted by Crippen LogP contribution is -2.43. The molecule has 0 bridgehead atoms. The van der Waals surface area contributed by atoms with Crippen LogP contribution in [0.3, 0.4) is 0 Å². The highest BCUT2D eigenvalue weighted by molar-refractivity contribution is 9.10. The minimum absolute atomic E-state index is 0.0409. The Morgan fingerprint density at radius 1 is 1.33 bits per heavy atom. The van der Waals surface area contributed by atoms with E-state index in [-0.39, 0.29) is 23.6 Å². The molecular weight excluding hydrogens is 368 g/mol. The van der Waals surface area contributed by atoms with E-state index in [1.165, 1.54) is 12.5 Å². The molecule has 0 unspecified atom stereocenters. The first-order valence-corrected chi connectivity index (χ1v) is 9.39. The second kappa shape index (κ2) is 8.30. The minimum atomic E-state index is -0.356. The van der Waals surface area contributed by atoms with E-state index in [9.17, 15) is 4.79 Å². The average Bonchev–Trinajstić information content (AvgIpc) is 2.97. The van der Waals surface area contributed by atoms with E-state index in [0.29, 0.717) is 0 Å². The fourth-order valence-corrected chi connectivity index (χ4v) is 3.87. The molecule has 0 fully saturated rings. The predicted molar refractivity (Wildman–Crippen MR) is 101 cm³/mol. The van der Waals surface area contributed by atoms with Crippen LogP contribution in [-0.4, -0.2) is 24.8 Å². The number of hydrogen-bond donors (Lipinski definition) is 0. The molecular formula is C20H27BrO3. The molecule has 4 heteroatoms. The number of ether oxygens (including phenoxy) is 2. The third-order valence-electron chi connectivity index (χ3n) is 4.92. The van der Waals surface area contributed by atoms with E-state index < -0.39 is 0 Å². The maximum atomic E-state index is 11.6. The second-order valence-electron chi connectivity index (χ2n) is 6.65. The summed E-state index contributed by atoms with van der Waals surface area (Å²) in [5.41, 5.74) is 2.03. The Balaban J connectivity index is 2.37. The van der Waals surface area contributed by atoms with Crippen LogP contribution in [0.5, 0.6) is 0 Å². The Bertz CT molecular complexity index is 593. The van der Waals surface area contributed by atoms with Crippen molar-refractivity contribution in [3.05, 3.63) is 40.4 Å². The van der Waals surface area contributed by atoms with Gasteiger partial charge in [-0.15, -0.1) is 0 Å². The monoisotopic (exact) mass is 394 g/mol. The molecule has 2 rings (SSSR count). The van der Waals surface area contributed by atoms with Crippen LogP contribution >= 0.6 is 15.9 Å². The van der Waals surface area contributed by atoms with Gasteiger partial charge in [0.25, 0.3) is 0 Å². The summed E-state index contributed by atoms with van der Waals surface area (Å²) in [6, 6.07) is 8.30. The third-order valence-corrected chi connectivity index (χ3v) is 5.45. The lowest BCUT2D eigenvalue weighted by Gasteiger charge is -2.39. The number of esters is 1. The summed E-state index contributed by atoms with van der Waals surface area (Å²) in [5, 5.41) is 0. The SMILES string of the molecule is CCCC[C@@](C)(OC)[C@H]1C(c2ccc(Br)cc2)=CC[C@@H]1OC(C)=O. The Morgan fingerprint density at radius 2 is 2.00 bits per heavy atom. The summed E-state index contributed by atoms with van der Waals surface area (Å²) in [6.45, 7) is 5.80. The predicted octanol–water partition coefficient (Wildman–Crippen LogP) is 5.38. The van der Waals surface area contributed by atoms with Gasteiger partial charge in [-0.2, -0.15) is 0 Å². The van der Waals surface area contributed by atoms with Crippen molar-refractivity contribution in [1.29, 1.82) is 0 Å². The van der Waals surface area contributed by atoms with E-state index in [1.54, 1.807) is 7.11 Å². The summed E-state index contributed by atoms with van der Waals surface area (Å²) >= 11 is 3.49. The fourth-order valence-electron chi connectivity index (χ4n) is 3.61. The molecule has 0 radical (unpaired) electrons. The van der Waals surface area contributed by atoms with Crippen molar-refractivity contribution in [2.24, 2.45) is 5.92 Å². The lowest BCUT2D eigenvalue weighted by atomic mass is 9.77. The van der Waals surface area contributed by atoms with E-state index >= 15 is 0 Å². The van der Waals surface area contributed by atoms with Gasteiger partial charge in [0, 0.05) is 24.9 Å². The van der Waals surface area contributed by atoms with Crippen molar-refractivity contribution in [2.75, 3.05) is 7.11 Å². The van der Waals surface area contributed by atoms with E-state index in [2.05, 4.69) is 48.0 Å². The van der Waals surface area contributed by atoms with Crippen molar-refractivity contribution in [3.63, 3.8) is 0 Å². The Morgan fingerprint density at radius 3 is 2.54 bits per heavy atom. The quantitative estimate of drug-likeness (QED) is 0.582. The molecule has 3 atom stereocenters. The Kier molecular flexibility index (Phi) is 6.64. The fraction of sp³-hybridized carbons (Fsp3) is 0.550. The van der Waals surface area contributed by atoms with Crippen molar-refractivity contribution >= 4 is 27.5 Å². The number of hydrogen-bond acceptors (Lipinski definition) is 3. The second-order valence-corrected chi connectivity index (χ2v) is 7.56. The summed E-state index contributed by atoms with van der Waals surface area (Å²) in [7, 11) is 1.76. The first-order valence-electron chi connectivity index (χ1n) is 8.59. The first kappa shape index (κ1) is 19.2. The molecule has 0 aromatic heterocycles. The van der Waals surface area contributed by atoms with Gasteiger partial charge < -0.3 is 9.47 Å². The number of rotatable bonds is 7. The first-order chi connectivity index (χ1) is 11.4. The number of unbranched alkanes of at least 4 members (excludes halogenated alkanes) is 1. The molecule has 0 spiro atoms.